The molecule has 0 N–H and O–H groups in total. The molecule has 1 nitrogen and oxygen atoms in total. The molecule has 0 aliphatic carbocycles. The van der Waals surface area contributed by atoms with Crippen LogP contribution >= 0.6 is 0 Å². The van der Waals surface area contributed by atoms with Gasteiger partial charge in [-0.3, -0.25) is 4.79 Å². The highest BCUT2D eigenvalue weighted by Crippen LogP contribution is 2.16. The summed E-state index contributed by atoms with van der Waals surface area (Å²) in [6, 6.07) is 0. The summed E-state index contributed by atoms with van der Waals surface area (Å²) < 4.78 is 0. The van der Waals surface area contributed by atoms with Gasteiger partial charge in [-0.25, -0.2) is 0 Å². The van der Waals surface area contributed by atoms with Crippen LogP contribution in [0.4, 0.5) is 0 Å². The van der Waals surface area contributed by atoms with Crippen molar-refractivity contribution in [2.75, 3.05) is 0 Å². The van der Waals surface area contributed by atoms with Crippen molar-refractivity contribution in [2.24, 2.45) is 5.92 Å². The first kappa shape index (κ1) is 17.0. The van der Waals surface area contributed by atoms with Gasteiger partial charge in [0.1, 0.15) is 0 Å². The van der Waals surface area contributed by atoms with Crippen molar-refractivity contribution in [1.29, 1.82) is 0 Å². The average Bonchev–Trinajstić information content (AvgIpc) is 2.33. The average molecular weight is 248 g/mol. The fourth-order valence-corrected chi connectivity index (χ4v) is 1.98. The lowest BCUT2D eigenvalue weighted by Gasteiger charge is -2.07. The molecule has 0 bridgehead atoms. The van der Waals surface area contributed by atoms with Gasteiger partial charge in [-0.15, -0.1) is 12.3 Å². The van der Waals surface area contributed by atoms with E-state index in [0.717, 1.165) is 37.2 Å². The molecule has 18 heavy (non-hydrogen) atoms. The number of carbonyl (C=O) groups is 1. The van der Waals surface area contributed by atoms with E-state index in [0.29, 0.717) is 18.6 Å². The molecule has 0 atom stereocenters. The number of allylic oxidation sites excluding steroid dienone is 2. The van der Waals surface area contributed by atoms with Gasteiger partial charge >= 0.3 is 0 Å². The highest BCUT2D eigenvalue weighted by molar-refractivity contribution is 5.95. The lowest BCUT2D eigenvalue weighted by Crippen LogP contribution is -2.03. The molecule has 0 radical (unpaired) electrons. The van der Waals surface area contributed by atoms with Crippen LogP contribution in [-0.2, 0) is 4.79 Å². The Morgan fingerprint density at radius 1 is 1.22 bits per heavy atom. The number of hydrogen-bond donors (Lipinski definition) is 0. The second-order valence-corrected chi connectivity index (χ2v) is 5.26. The number of unbranched alkanes of at least 4 members (excludes halogenated alkanes) is 2. The smallest absolute Gasteiger partial charge is 0.158 e. The minimum atomic E-state index is 0.302. The SMILES string of the molecule is C#CCCCC(=O)C(=CCC)CCCCC(C)C. The number of hydrogen-bond acceptors (Lipinski definition) is 1. The summed E-state index contributed by atoms with van der Waals surface area (Å²) in [5.74, 6) is 3.65. The second-order valence-electron chi connectivity index (χ2n) is 5.26. The van der Waals surface area contributed by atoms with Gasteiger partial charge in [0.2, 0.25) is 0 Å². The maximum atomic E-state index is 12.0. The summed E-state index contributed by atoms with van der Waals surface area (Å²) in [5.41, 5.74) is 1.03. The van der Waals surface area contributed by atoms with Crippen LogP contribution < -0.4 is 0 Å². The van der Waals surface area contributed by atoms with Crippen LogP contribution in [0.1, 0.15) is 72.1 Å². The molecule has 0 aliphatic heterocycles. The third-order valence-corrected chi connectivity index (χ3v) is 3.01. The first-order chi connectivity index (χ1) is 8.61. The standard InChI is InChI=1S/C17H28O/c1-5-7-8-14-17(18)16(11-6-2)13-10-9-12-15(3)4/h1,11,15H,6-10,12-14H2,2-4H3. The van der Waals surface area contributed by atoms with Crippen molar-refractivity contribution >= 4 is 5.78 Å². The van der Waals surface area contributed by atoms with Gasteiger partial charge in [0.05, 0.1) is 0 Å². The lowest BCUT2D eigenvalue weighted by atomic mass is 9.97. The van der Waals surface area contributed by atoms with Crippen molar-refractivity contribution in [1.82, 2.24) is 0 Å². The van der Waals surface area contributed by atoms with E-state index in [1.165, 1.54) is 12.8 Å². The number of Topliss-reactive ketones (excluding diaryl/α,β-unsaturated/α-hetero) is 1. The maximum Gasteiger partial charge on any atom is 0.158 e. The predicted molar refractivity (Wildman–Crippen MR) is 79.4 cm³/mol. The maximum absolute atomic E-state index is 12.0. The molecule has 0 aromatic rings. The Kier molecular flexibility index (Phi) is 10.4. The van der Waals surface area contributed by atoms with Crippen molar-refractivity contribution < 1.29 is 4.79 Å². The lowest BCUT2D eigenvalue weighted by molar-refractivity contribution is -0.115. The van der Waals surface area contributed by atoms with Gasteiger partial charge < -0.3 is 0 Å². The molecule has 0 aromatic carbocycles. The number of terminal acetylenes is 1. The minimum absolute atomic E-state index is 0.302. The van der Waals surface area contributed by atoms with Crippen molar-refractivity contribution in [3.05, 3.63) is 11.6 Å². The fourth-order valence-electron chi connectivity index (χ4n) is 1.98. The van der Waals surface area contributed by atoms with Crippen LogP contribution in [0.25, 0.3) is 0 Å². The van der Waals surface area contributed by atoms with Crippen molar-refractivity contribution in [3.63, 3.8) is 0 Å². The van der Waals surface area contributed by atoms with Crippen LogP contribution in [0.15, 0.2) is 11.6 Å². The summed E-state index contributed by atoms with van der Waals surface area (Å²) in [4.78, 5) is 12.0. The highest BCUT2D eigenvalue weighted by Gasteiger charge is 2.08. The molecular formula is C17H28O. The number of ketones is 1. The zero-order valence-corrected chi connectivity index (χ0v) is 12.3. The zero-order chi connectivity index (χ0) is 13.8. The molecular weight excluding hydrogens is 220 g/mol. The molecule has 0 saturated heterocycles. The van der Waals surface area contributed by atoms with Gasteiger partial charge in [-0.05, 0) is 37.2 Å². The molecule has 102 valence electrons. The Balaban J connectivity index is 4.03. The normalized spacial score (nSPS) is 11.6. The van der Waals surface area contributed by atoms with Crippen molar-refractivity contribution in [2.45, 2.75) is 72.1 Å². The van der Waals surface area contributed by atoms with Gasteiger partial charge in [-0.2, -0.15) is 0 Å². The molecule has 0 aliphatic rings. The van der Waals surface area contributed by atoms with Crippen molar-refractivity contribution in [3.8, 4) is 12.3 Å². The van der Waals surface area contributed by atoms with Gasteiger partial charge in [0, 0.05) is 12.8 Å². The van der Waals surface area contributed by atoms with Crippen LogP contribution in [0.2, 0.25) is 0 Å². The van der Waals surface area contributed by atoms with Crippen LogP contribution in [0, 0.1) is 18.3 Å². The summed E-state index contributed by atoms with van der Waals surface area (Å²) in [5, 5.41) is 0. The minimum Gasteiger partial charge on any atom is -0.295 e. The third-order valence-electron chi connectivity index (χ3n) is 3.01. The molecule has 0 heterocycles. The van der Waals surface area contributed by atoms with E-state index < -0.39 is 0 Å². The van der Waals surface area contributed by atoms with Gasteiger partial charge in [0.15, 0.2) is 5.78 Å². The fraction of sp³-hybridized carbons (Fsp3) is 0.706. The van der Waals surface area contributed by atoms with E-state index in [1.807, 2.05) is 0 Å². The molecule has 0 unspecified atom stereocenters. The number of rotatable bonds is 10. The first-order valence-corrected chi connectivity index (χ1v) is 7.27. The van der Waals surface area contributed by atoms with E-state index >= 15 is 0 Å². The van der Waals surface area contributed by atoms with Crippen LogP contribution in [0.5, 0.6) is 0 Å². The molecule has 0 aromatic heterocycles. The van der Waals surface area contributed by atoms with Crippen LogP contribution in [-0.4, -0.2) is 5.78 Å². The van der Waals surface area contributed by atoms with E-state index in [2.05, 4.69) is 32.8 Å². The Morgan fingerprint density at radius 2 is 1.94 bits per heavy atom. The summed E-state index contributed by atoms with van der Waals surface area (Å²) in [7, 11) is 0. The predicted octanol–water partition coefficient (Wildman–Crippen LogP) is 4.91. The molecule has 0 amide bonds. The van der Waals surface area contributed by atoms with Gasteiger partial charge in [-0.1, -0.05) is 39.7 Å². The molecule has 0 saturated carbocycles. The second kappa shape index (κ2) is 11.1. The Hall–Kier alpha value is -1.03. The highest BCUT2D eigenvalue weighted by atomic mass is 16.1. The summed E-state index contributed by atoms with van der Waals surface area (Å²) >= 11 is 0. The Morgan fingerprint density at radius 3 is 2.50 bits per heavy atom. The Bertz CT molecular complexity index is 291. The van der Waals surface area contributed by atoms with E-state index in [-0.39, 0.29) is 0 Å². The van der Waals surface area contributed by atoms with E-state index in [9.17, 15) is 4.79 Å². The summed E-state index contributed by atoms with van der Waals surface area (Å²) in [6.45, 7) is 6.57. The molecule has 0 fully saturated rings. The van der Waals surface area contributed by atoms with E-state index in [1.54, 1.807) is 0 Å². The molecule has 0 rings (SSSR count). The van der Waals surface area contributed by atoms with E-state index in [4.69, 9.17) is 6.42 Å². The summed E-state index contributed by atoms with van der Waals surface area (Å²) in [6.07, 6.45) is 14.9. The monoisotopic (exact) mass is 248 g/mol. The topological polar surface area (TPSA) is 17.1 Å². The third kappa shape index (κ3) is 9.05. The first-order valence-electron chi connectivity index (χ1n) is 7.27. The zero-order valence-electron chi connectivity index (χ0n) is 12.3. The Labute approximate surface area is 113 Å². The van der Waals surface area contributed by atoms with Gasteiger partial charge in [0.25, 0.3) is 0 Å². The molecule has 1 heteroatoms. The largest absolute Gasteiger partial charge is 0.295 e. The van der Waals surface area contributed by atoms with Crippen LogP contribution in [0.3, 0.4) is 0 Å². The number of carbonyl (C=O) groups excluding carboxylic acids is 1. The molecule has 0 spiro atoms. The quantitative estimate of drug-likeness (QED) is 0.305.